The van der Waals surface area contributed by atoms with Crippen molar-refractivity contribution in [2.75, 3.05) is 0 Å². The van der Waals surface area contributed by atoms with Crippen molar-refractivity contribution in [2.45, 2.75) is 13.0 Å². The Bertz CT molecular complexity index is 1130. The second kappa shape index (κ2) is 7.21. The zero-order valence-corrected chi connectivity index (χ0v) is 15.5. The highest BCUT2D eigenvalue weighted by molar-refractivity contribution is 7.11. The zero-order chi connectivity index (χ0) is 19.7. The molecule has 4 rings (SSSR count). The van der Waals surface area contributed by atoms with Gasteiger partial charge in [0.05, 0.1) is 23.4 Å². The third kappa shape index (κ3) is 3.23. The van der Waals surface area contributed by atoms with Gasteiger partial charge in [0.15, 0.2) is 0 Å². The number of nitriles is 1. The Morgan fingerprint density at radius 1 is 1.25 bits per heavy atom. The summed E-state index contributed by atoms with van der Waals surface area (Å²) >= 11 is 1.40. The van der Waals surface area contributed by atoms with Crippen LogP contribution in [-0.2, 0) is 0 Å². The van der Waals surface area contributed by atoms with E-state index in [1.807, 2.05) is 17.5 Å². The van der Waals surface area contributed by atoms with Crippen LogP contribution in [0.25, 0.3) is 16.8 Å². The summed E-state index contributed by atoms with van der Waals surface area (Å²) in [6.07, 6.45) is 1.37. The molecule has 8 heteroatoms. The average Bonchev–Trinajstić information content (AvgIpc) is 3.17. The number of aromatic nitrogens is 2. The maximum Gasteiger partial charge on any atom is 0.319 e. The fraction of sp³-hybridized carbons (Fsp3) is 0.100. The molecule has 1 aromatic carbocycles. The molecule has 3 aromatic rings. The first-order valence-electron chi connectivity index (χ1n) is 8.42. The number of hydrogen-bond acceptors (Lipinski definition) is 5. The van der Waals surface area contributed by atoms with E-state index in [-0.39, 0.29) is 5.56 Å². The summed E-state index contributed by atoms with van der Waals surface area (Å²) < 4.78 is 14.3. The molecule has 0 radical (unpaired) electrons. The van der Waals surface area contributed by atoms with Crippen molar-refractivity contribution in [3.8, 4) is 17.3 Å². The number of allylic oxidation sites excluding steroid dienone is 1. The van der Waals surface area contributed by atoms with Gasteiger partial charge in [-0.2, -0.15) is 9.65 Å². The molecule has 1 unspecified atom stereocenters. The Labute approximate surface area is 164 Å². The van der Waals surface area contributed by atoms with Crippen LogP contribution in [0.4, 0.5) is 9.18 Å². The van der Waals surface area contributed by atoms with E-state index >= 15 is 0 Å². The van der Waals surface area contributed by atoms with Crippen LogP contribution in [0.3, 0.4) is 0 Å². The summed E-state index contributed by atoms with van der Waals surface area (Å²) in [6.45, 7) is 1.76. The molecule has 0 fully saturated rings. The number of thiazole rings is 1. The molecule has 138 valence electrons. The van der Waals surface area contributed by atoms with Crippen LogP contribution in [0.15, 0.2) is 53.7 Å². The van der Waals surface area contributed by atoms with Crippen molar-refractivity contribution in [1.82, 2.24) is 20.6 Å². The number of halogens is 1. The lowest BCUT2D eigenvalue weighted by Gasteiger charge is -2.28. The lowest BCUT2D eigenvalue weighted by atomic mass is 9.97. The van der Waals surface area contributed by atoms with E-state index in [0.717, 1.165) is 11.3 Å². The van der Waals surface area contributed by atoms with E-state index in [4.69, 9.17) is 5.26 Å². The van der Waals surface area contributed by atoms with Crippen molar-refractivity contribution in [1.29, 1.82) is 5.26 Å². The minimum atomic E-state index is -0.692. The molecule has 1 atom stereocenters. The maximum atomic E-state index is 14.3. The molecule has 0 saturated carbocycles. The van der Waals surface area contributed by atoms with Gasteiger partial charge in [-0.05, 0) is 25.1 Å². The molecule has 6 nitrogen and oxygen atoms in total. The highest BCUT2D eigenvalue weighted by atomic mass is 32.1. The molecule has 2 aromatic heterocycles. The normalized spacial score (nSPS) is 16.3. The zero-order valence-electron chi connectivity index (χ0n) is 14.7. The molecule has 0 saturated heterocycles. The number of carbonyl (C=O) groups excluding carboxylic acids is 1. The maximum absolute atomic E-state index is 14.3. The van der Waals surface area contributed by atoms with E-state index < -0.39 is 18.0 Å². The highest BCUT2D eigenvalue weighted by Crippen LogP contribution is 2.37. The van der Waals surface area contributed by atoms with Crippen LogP contribution >= 0.6 is 11.3 Å². The Hall–Kier alpha value is -3.57. The van der Waals surface area contributed by atoms with Crippen molar-refractivity contribution in [3.63, 3.8) is 0 Å². The number of rotatable bonds is 3. The number of benzene rings is 1. The Kier molecular flexibility index (Phi) is 4.59. The molecule has 0 aliphatic carbocycles. The molecular formula is C20H14FN5OS. The van der Waals surface area contributed by atoms with E-state index in [1.54, 1.807) is 31.2 Å². The smallest absolute Gasteiger partial charge is 0.319 e. The van der Waals surface area contributed by atoms with E-state index in [2.05, 4.69) is 26.7 Å². The molecule has 28 heavy (non-hydrogen) atoms. The monoisotopic (exact) mass is 391 g/mol. The van der Waals surface area contributed by atoms with Crippen LogP contribution in [0.2, 0.25) is 0 Å². The van der Waals surface area contributed by atoms with Gasteiger partial charge in [0.25, 0.3) is 0 Å². The van der Waals surface area contributed by atoms with E-state index in [9.17, 15) is 9.18 Å². The Morgan fingerprint density at radius 2 is 2.04 bits per heavy atom. The first kappa shape index (κ1) is 17.8. The number of nitrogens with zero attached hydrogens (tertiary/aromatic N) is 3. The van der Waals surface area contributed by atoms with Gasteiger partial charge < -0.3 is 10.6 Å². The molecular weight excluding hydrogens is 377 g/mol. The molecule has 2 amide bonds. The Balaban J connectivity index is 1.76. The number of nitrogens with one attached hydrogen (secondary N) is 2. The van der Waals surface area contributed by atoms with Crippen LogP contribution in [-0.4, -0.2) is 16.0 Å². The number of urea groups is 1. The first-order valence-corrected chi connectivity index (χ1v) is 9.30. The lowest BCUT2D eigenvalue weighted by molar-refractivity contribution is 0.240. The first-order chi connectivity index (χ1) is 13.6. The van der Waals surface area contributed by atoms with Crippen molar-refractivity contribution < 1.29 is 9.18 Å². The van der Waals surface area contributed by atoms with Gasteiger partial charge in [-0.15, -0.1) is 11.3 Å². The topological polar surface area (TPSA) is 90.7 Å². The summed E-state index contributed by atoms with van der Waals surface area (Å²) in [5.74, 6) is -0.635. The minimum absolute atomic E-state index is 0.279. The predicted octanol–water partition coefficient (Wildman–Crippen LogP) is 4.00. The minimum Gasteiger partial charge on any atom is -0.327 e. The summed E-state index contributed by atoms with van der Waals surface area (Å²) in [5, 5.41) is 17.0. The summed E-state index contributed by atoms with van der Waals surface area (Å²) in [4.78, 5) is 20.4. The van der Waals surface area contributed by atoms with Gasteiger partial charge in [0.1, 0.15) is 5.01 Å². The van der Waals surface area contributed by atoms with Crippen LogP contribution in [0, 0.1) is 17.3 Å². The fourth-order valence-electron chi connectivity index (χ4n) is 3.07. The molecule has 3 heterocycles. The van der Waals surface area contributed by atoms with E-state index in [0.29, 0.717) is 21.8 Å². The second-order valence-electron chi connectivity index (χ2n) is 6.18. The standard InChI is InChI=1S/C20H14FN5OS/c1-11-16(17(26-20(27)24-11)14-3-2-8-23-18(14)21)19-25-15(10-28-19)13-6-4-12(9-22)5-7-13/h2-8,10,17H,1H3,(H2,24,26,27). The number of amides is 2. The van der Waals surface area contributed by atoms with Crippen molar-refractivity contribution >= 4 is 22.9 Å². The Morgan fingerprint density at radius 3 is 2.75 bits per heavy atom. The van der Waals surface area contributed by atoms with Gasteiger partial charge >= 0.3 is 6.03 Å². The van der Waals surface area contributed by atoms with Gasteiger partial charge in [-0.25, -0.2) is 14.8 Å². The second-order valence-corrected chi connectivity index (χ2v) is 7.04. The largest absolute Gasteiger partial charge is 0.327 e. The number of hydrogen-bond donors (Lipinski definition) is 2. The van der Waals surface area contributed by atoms with E-state index in [1.165, 1.54) is 17.5 Å². The quantitative estimate of drug-likeness (QED) is 0.660. The SMILES string of the molecule is CC1=C(c2nc(-c3ccc(C#N)cc3)cs2)C(c2cccnc2F)NC(=O)N1. The third-order valence-corrected chi connectivity index (χ3v) is 5.29. The molecule has 2 N–H and O–H groups in total. The molecule has 0 spiro atoms. The third-order valence-electron chi connectivity index (χ3n) is 4.41. The van der Waals surface area contributed by atoms with Gasteiger partial charge in [0, 0.05) is 34.0 Å². The van der Waals surface area contributed by atoms with Gasteiger partial charge in [-0.3, -0.25) is 0 Å². The highest BCUT2D eigenvalue weighted by Gasteiger charge is 2.31. The van der Waals surface area contributed by atoms with Crippen molar-refractivity contribution in [3.05, 3.63) is 75.8 Å². The van der Waals surface area contributed by atoms with Crippen LogP contribution in [0.1, 0.15) is 29.1 Å². The fourth-order valence-corrected chi connectivity index (χ4v) is 4.03. The lowest BCUT2D eigenvalue weighted by Crippen LogP contribution is -2.43. The summed E-state index contributed by atoms with van der Waals surface area (Å²) in [6, 6.07) is 11.3. The van der Waals surface area contributed by atoms with Gasteiger partial charge in [0.2, 0.25) is 5.95 Å². The number of pyridine rings is 1. The van der Waals surface area contributed by atoms with Crippen LogP contribution < -0.4 is 10.6 Å². The number of carbonyl (C=O) groups is 1. The summed E-state index contributed by atoms with van der Waals surface area (Å²) in [5.41, 5.74) is 3.77. The predicted molar refractivity (Wildman–Crippen MR) is 103 cm³/mol. The van der Waals surface area contributed by atoms with Gasteiger partial charge in [-0.1, -0.05) is 18.2 Å². The van der Waals surface area contributed by atoms with Crippen molar-refractivity contribution in [2.24, 2.45) is 0 Å². The summed E-state index contributed by atoms with van der Waals surface area (Å²) in [7, 11) is 0. The van der Waals surface area contributed by atoms with Crippen LogP contribution in [0.5, 0.6) is 0 Å². The molecule has 1 aliphatic rings. The molecule has 0 bridgehead atoms. The average molecular weight is 391 g/mol. The molecule has 1 aliphatic heterocycles.